The van der Waals surface area contributed by atoms with Gasteiger partial charge in [-0.15, -0.1) is 0 Å². The minimum absolute atomic E-state index is 0.487. The molecule has 0 fully saturated rings. The lowest BCUT2D eigenvalue weighted by Crippen LogP contribution is -1.97. The Hall–Kier alpha value is -1.72. The van der Waals surface area contributed by atoms with Gasteiger partial charge in [0.25, 0.3) is 0 Å². The monoisotopic (exact) mass is 246 g/mol. The summed E-state index contributed by atoms with van der Waals surface area (Å²) in [6, 6.07) is 19.6. The minimum atomic E-state index is 0.487. The summed E-state index contributed by atoms with van der Waals surface area (Å²) in [5, 5.41) is 0. The molecule has 0 atom stereocenters. The number of benzene rings is 2. The smallest absolute Gasteiger partial charge is 0.0930 e. The lowest BCUT2D eigenvalue weighted by molar-refractivity contribution is 0.124. The van der Waals surface area contributed by atoms with Crippen LogP contribution >= 0.6 is 0 Å². The van der Waals surface area contributed by atoms with Crippen LogP contribution in [0.1, 0.15) is 11.1 Å². The van der Waals surface area contributed by atoms with E-state index >= 15 is 0 Å². The molecule has 0 spiro atoms. The van der Waals surface area contributed by atoms with Crippen LogP contribution < -0.4 is 11.8 Å². The molecule has 0 aliphatic carbocycles. The van der Waals surface area contributed by atoms with E-state index < -0.39 is 0 Å². The Balaban J connectivity index is 0.000000180. The first-order valence-electron chi connectivity index (χ1n) is 5.58. The second-order valence-corrected chi connectivity index (χ2v) is 3.59. The SMILES string of the molecule is NOCc1ccccc1.NOCc1ccccc1. The van der Waals surface area contributed by atoms with Crippen LogP contribution in [0.25, 0.3) is 0 Å². The Morgan fingerprint density at radius 1 is 0.611 bits per heavy atom. The molecule has 2 rings (SSSR count). The molecule has 96 valence electrons. The maximum absolute atomic E-state index is 4.86. The van der Waals surface area contributed by atoms with E-state index in [1.165, 1.54) is 0 Å². The molecular weight excluding hydrogens is 228 g/mol. The van der Waals surface area contributed by atoms with Gasteiger partial charge in [-0.3, -0.25) is 9.68 Å². The Morgan fingerprint density at radius 2 is 0.944 bits per heavy atom. The molecule has 0 aromatic heterocycles. The van der Waals surface area contributed by atoms with Gasteiger partial charge >= 0.3 is 0 Å². The highest BCUT2D eigenvalue weighted by Gasteiger charge is 1.86. The summed E-state index contributed by atoms with van der Waals surface area (Å²) in [6.07, 6.45) is 0. The largest absolute Gasteiger partial charge is 0.300 e. The third kappa shape index (κ3) is 6.12. The molecule has 0 aliphatic rings. The van der Waals surface area contributed by atoms with E-state index in [9.17, 15) is 0 Å². The standard InChI is InChI=1S/2C7H9NO/c2*8-9-6-7-4-2-1-3-5-7/h2*1-5H,6,8H2. The quantitative estimate of drug-likeness (QED) is 0.811. The first-order chi connectivity index (χ1) is 8.86. The zero-order chi connectivity index (χ0) is 13.1. The first kappa shape index (κ1) is 14.3. The van der Waals surface area contributed by atoms with Crippen molar-refractivity contribution in [2.24, 2.45) is 11.8 Å². The van der Waals surface area contributed by atoms with Crippen LogP contribution in [0.15, 0.2) is 60.7 Å². The fourth-order valence-electron chi connectivity index (χ4n) is 1.34. The second kappa shape index (κ2) is 9.32. The van der Waals surface area contributed by atoms with E-state index in [4.69, 9.17) is 11.8 Å². The van der Waals surface area contributed by atoms with Crippen LogP contribution in [0.5, 0.6) is 0 Å². The van der Waals surface area contributed by atoms with E-state index in [-0.39, 0.29) is 0 Å². The van der Waals surface area contributed by atoms with Crippen molar-refractivity contribution in [2.75, 3.05) is 0 Å². The predicted molar refractivity (Wildman–Crippen MR) is 70.8 cm³/mol. The average Bonchev–Trinajstić information content (AvgIpc) is 2.43. The highest BCUT2D eigenvalue weighted by Crippen LogP contribution is 1.98. The molecule has 2 aromatic carbocycles. The number of hydrogen-bond donors (Lipinski definition) is 2. The first-order valence-corrected chi connectivity index (χ1v) is 5.58. The minimum Gasteiger partial charge on any atom is -0.300 e. The topological polar surface area (TPSA) is 70.5 Å². The molecule has 0 saturated heterocycles. The summed E-state index contributed by atoms with van der Waals surface area (Å²) in [7, 11) is 0. The fourth-order valence-corrected chi connectivity index (χ4v) is 1.34. The normalized spacial score (nSPS) is 9.44. The van der Waals surface area contributed by atoms with Gasteiger partial charge < -0.3 is 0 Å². The van der Waals surface area contributed by atoms with Gasteiger partial charge in [0.05, 0.1) is 13.2 Å². The lowest BCUT2D eigenvalue weighted by Gasteiger charge is -1.94. The van der Waals surface area contributed by atoms with Gasteiger partial charge in [0.2, 0.25) is 0 Å². The van der Waals surface area contributed by atoms with Gasteiger partial charge in [-0.25, -0.2) is 11.8 Å². The van der Waals surface area contributed by atoms with E-state index in [1.807, 2.05) is 60.7 Å². The number of hydrogen-bond acceptors (Lipinski definition) is 4. The van der Waals surface area contributed by atoms with Crippen molar-refractivity contribution in [1.29, 1.82) is 0 Å². The Morgan fingerprint density at radius 3 is 1.22 bits per heavy atom. The van der Waals surface area contributed by atoms with E-state index in [2.05, 4.69) is 9.68 Å². The summed E-state index contributed by atoms with van der Waals surface area (Å²) in [6.45, 7) is 0.974. The lowest BCUT2D eigenvalue weighted by atomic mass is 10.2. The third-order valence-electron chi connectivity index (χ3n) is 2.19. The zero-order valence-electron chi connectivity index (χ0n) is 10.2. The van der Waals surface area contributed by atoms with Gasteiger partial charge in [-0.05, 0) is 11.1 Å². The van der Waals surface area contributed by atoms with Crippen LogP contribution in [0.2, 0.25) is 0 Å². The summed E-state index contributed by atoms with van der Waals surface area (Å²) < 4.78 is 0. The Kier molecular flexibility index (Phi) is 7.43. The fraction of sp³-hybridized carbons (Fsp3) is 0.143. The molecule has 0 amide bonds. The van der Waals surface area contributed by atoms with Gasteiger partial charge in [0, 0.05) is 0 Å². The van der Waals surface area contributed by atoms with Crippen molar-refractivity contribution in [3.63, 3.8) is 0 Å². The molecule has 4 heteroatoms. The van der Waals surface area contributed by atoms with Crippen molar-refractivity contribution in [3.05, 3.63) is 71.8 Å². The molecular formula is C14H18N2O2. The van der Waals surface area contributed by atoms with E-state index in [0.29, 0.717) is 13.2 Å². The molecule has 0 aliphatic heterocycles. The van der Waals surface area contributed by atoms with Crippen molar-refractivity contribution < 1.29 is 9.68 Å². The maximum atomic E-state index is 4.86. The summed E-state index contributed by atoms with van der Waals surface area (Å²) >= 11 is 0. The Labute approximate surface area is 107 Å². The maximum Gasteiger partial charge on any atom is 0.0930 e. The van der Waals surface area contributed by atoms with Crippen LogP contribution in [-0.2, 0) is 22.9 Å². The molecule has 4 nitrogen and oxygen atoms in total. The molecule has 0 unspecified atom stereocenters. The van der Waals surface area contributed by atoms with Crippen LogP contribution in [0.3, 0.4) is 0 Å². The van der Waals surface area contributed by atoms with Crippen molar-refractivity contribution >= 4 is 0 Å². The van der Waals surface area contributed by atoms with Crippen molar-refractivity contribution in [1.82, 2.24) is 0 Å². The van der Waals surface area contributed by atoms with Gasteiger partial charge in [0.1, 0.15) is 0 Å². The van der Waals surface area contributed by atoms with E-state index in [1.54, 1.807) is 0 Å². The van der Waals surface area contributed by atoms with Crippen LogP contribution in [0.4, 0.5) is 0 Å². The van der Waals surface area contributed by atoms with Crippen molar-refractivity contribution in [3.8, 4) is 0 Å². The van der Waals surface area contributed by atoms with Gasteiger partial charge in [-0.2, -0.15) is 0 Å². The molecule has 0 heterocycles. The summed E-state index contributed by atoms with van der Waals surface area (Å²) in [5.74, 6) is 9.72. The van der Waals surface area contributed by atoms with Gasteiger partial charge in [-0.1, -0.05) is 60.7 Å². The molecule has 18 heavy (non-hydrogen) atoms. The highest BCUT2D eigenvalue weighted by atomic mass is 16.6. The summed E-state index contributed by atoms with van der Waals surface area (Å²) in [5.41, 5.74) is 2.19. The number of nitrogens with two attached hydrogens (primary N) is 2. The molecule has 0 saturated carbocycles. The zero-order valence-corrected chi connectivity index (χ0v) is 10.2. The van der Waals surface area contributed by atoms with E-state index in [0.717, 1.165) is 11.1 Å². The molecule has 0 bridgehead atoms. The predicted octanol–water partition coefficient (Wildman–Crippen LogP) is 2.15. The average molecular weight is 246 g/mol. The van der Waals surface area contributed by atoms with Crippen LogP contribution in [0, 0.1) is 0 Å². The van der Waals surface area contributed by atoms with Gasteiger partial charge in [0.15, 0.2) is 0 Å². The Bertz CT molecular complexity index is 365. The summed E-state index contributed by atoms with van der Waals surface area (Å²) in [4.78, 5) is 8.86. The van der Waals surface area contributed by atoms with Crippen LogP contribution in [-0.4, -0.2) is 0 Å². The molecule has 0 radical (unpaired) electrons. The molecule has 2 aromatic rings. The molecule has 4 N–H and O–H groups in total. The third-order valence-corrected chi connectivity index (χ3v) is 2.19. The highest BCUT2D eigenvalue weighted by molar-refractivity contribution is 5.13. The van der Waals surface area contributed by atoms with Crippen molar-refractivity contribution in [2.45, 2.75) is 13.2 Å². The number of rotatable bonds is 4. The second-order valence-electron chi connectivity index (χ2n) is 3.59.